The van der Waals surface area contributed by atoms with Gasteiger partial charge in [-0.2, -0.15) is 10.2 Å². The van der Waals surface area contributed by atoms with Crippen molar-refractivity contribution in [3.8, 4) is 0 Å². The van der Waals surface area contributed by atoms with Crippen LogP contribution in [-0.2, 0) is 13.1 Å². The van der Waals surface area contributed by atoms with Crippen LogP contribution >= 0.6 is 47.0 Å². The predicted octanol–water partition coefficient (Wildman–Crippen LogP) is 7.01. The molecule has 0 saturated carbocycles. The molecule has 0 aliphatic rings. The Labute approximate surface area is 223 Å². The summed E-state index contributed by atoms with van der Waals surface area (Å²) in [5, 5.41) is 17.3. The lowest BCUT2D eigenvalue weighted by Gasteiger charge is -2.10. The summed E-state index contributed by atoms with van der Waals surface area (Å²) in [4.78, 5) is 0. The maximum absolute atomic E-state index is 14.2. The van der Waals surface area contributed by atoms with Crippen molar-refractivity contribution in [2.24, 2.45) is 0 Å². The first-order chi connectivity index (χ1) is 16.6. The van der Waals surface area contributed by atoms with Crippen molar-refractivity contribution < 1.29 is 4.39 Å². The Morgan fingerprint density at radius 1 is 0.943 bits per heavy atom. The molecule has 0 fully saturated rings. The normalized spacial score (nSPS) is 11.1. The Balaban J connectivity index is 1.46. The minimum Gasteiger partial charge on any atom is -0.329 e. The van der Waals surface area contributed by atoms with Gasteiger partial charge < -0.3 is 10.6 Å². The molecule has 0 saturated heterocycles. The van der Waals surface area contributed by atoms with Gasteiger partial charge in [-0.05, 0) is 62.8 Å². The van der Waals surface area contributed by atoms with E-state index in [9.17, 15) is 4.39 Å². The molecule has 0 aliphatic carbocycles. The molecular formula is C24H22Cl3FN6S. The van der Waals surface area contributed by atoms with E-state index in [1.165, 1.54) is 6.07 Å². The highest BCUT2D eigenvalue weighted by atomic mass is 35.5. The van der Waals surface area contributed by atoms with E-state index in [0.29, 0.717) is 38.1 Å². The third-order valence-corrected chi connectivity index (χ3v) is 6.69. The minimum absolute atomic E-state index is 0.206. The molecule has 0 radical (unpaired) electrons. The Morgan fingerprint density at radius 3 is 2.43 bits per heavy atom. The van der Waals surface area contributed by atoms with Crippen LogP contribution in [-0.4, -0.2) is 24.7 Å². The van der Waals surface area contributed by atoms with Gasteiger partial charge in [0.15, 0.2) is 10.9 Å². The van der Waals surface area contributed by atoms with E-state index in [4.69, 9.17) is 47.0 Å². The molecule has 2 N–H and O–H groups in total. The van der Waals surface area contributed by atoms with Gasteiger partial charge >= 0.3 is 0 Å². The maximum atomic E-state index is 14.2. The number of nitrogens with one attached hydrogen (secondary N) is 2. The lowest BCUT2D eigenvalue weighted by atomic mass is 10.2. The topological polar surface area (TPSA) is 59.7 Å². The second-order valence-electron chi connectivity index (χ2n) is 8.05. The van der Waals surface area contributed by atoms with Gasteiger partial charge in [0.05, 0.1) is 30.2 Å². The molecule has 35 heavy (non-hydrogen) atoms. The molecule has 0 aliphatic heterocycles. The average molecular weight is 552 g/mol. The van der Waals surface area contributed by atoms with Crippen LogP contribution in [0.25, 0.3) is 0 Å². The number of nitrogens with zero attached hydrogens (tertiary/aromatic N) is 4. The summed E-state index contributed by atoms with van der Waals surface area (Å²) >= 11 is 24.0. The second-order valence-corrected chi connectivity index (χ2v) is 9.71. The number of rotatable bonds is 6. The first-order valence-corrected chi connectivity index (χ1v) is 12.2. The van der Waals surface area contributed by atoms with Crippen LogP contribution < -0.4 is 10.6 Å². The van der Waals surface area contributed by atoms with Crippen LogP contribution in [0.1, 0.15) is 28.2 Å². The van der Waals surface area contributed by atoms with Crippen LogP contribution in [0.2, 0.25) is 15.1 Å². The van der Waals surface area contributed by atoms with Crippen molar-refractivity contribution in [2.45, 2.75) is 33.9 Å². The van der Waals surface area contributed by atoms with Crippen molar-refractivity contribution in [3.63, 3.8) is 0 Å². The summed E-state index contributed by atoms with van der Waals surface area (Å²) in [6, 6.07) is 11.8. The average Bonchev–Trinajstić information content (AvgIpc) is 3.25. The van der Waals surface area contributed by atoms with Crippen LogP contribution in [0.5, 0.6) is 0 Å². The first-order valence-electron chi connectivity index (χ1n) is 10.7. The van der Waals surface area contributed by atoms with E-state index >= 15 is 0 Å². The fourth-order valence-corrected chi connectivity index (χ4v) is 4.57. The zero-order chi connectivity index (χ0) is 25.3. The van der Waals surface area contributed by atoms with Gasteiger partial charge in [0.1, 0.15) is 5.82 Å². The fraction of sp³-hybridized carbons (Fsp3) is 0.208. The Hall–Kier alpha value is -2.65. The number of benzene rings is 2. The van der Waals surface area contributed by atoms with Crippen LogP contribution in [0.4, 0.5) is 15.9 Å². The van der Waals surface area contributed by atoms with E-state index in [1.54, 1.807) is 28.9 Å². The van der Waals surface area contributed by atoms with Gasteiger partial charge in [-0.25, -0.2) is 4.39 Å². The molecule has 0 spiro atoms. The highest BCUT2D eigenvalue weighted by Gasteiger charge is 2.16. The third-order valence-electron chi connectivity index (χ3n) is 5.55. The number of hydrogen-bond donors (Lipinski definition) is 2. The van der Waals surface area contributed by atoms with E-state index in [2.05, 4.69) is 20.8 Å². The monoisotopic (exact) mass is 550 g/mol. The summed E-state index contributed by atoms with van der Waals surface area (Å²) in [6.45, 7) is 6.43. The van der Waals surface area contributed by atoms with Gasteiger partial charge in [-0.3, -0.25) is 9.36 Å². The molecule has 2 aromatic heterocycles. The van der Waals surface area contributed by atoms with Gasteiger partial charge in [0, 0.05) is 32.4 Å². The number of halogens is 4. The molecule has 0 amide bonds. The largest absolute Gasteiger partial charge is 0.329 e. The van der Waals surface area contributed by atoms with Gasteiger partial charge in [0.2, 0.25) is 0 Å². The smallest absolute Gasteiger partial charge is 0.176 e. The molecule has 2 aromatic carbocycles. The molecule has 4 rings (SSSR count). The maximum Gasteiger partial charge on any atom is 0.176 e. The van der Waals surface area contributed by atoms with E-state index in [1.807, 2.05) is 37.6 Å². The molecule has 6 nitrogen and oxygen atoms in total. The predicted molar refractivity (Wildman–Crippen MR) is 145 cm³/mol. The summed E-state index contributed by atoms with van der Waals surface area (Å²) in [7, 11) is 0. The molecule has 0 unspecified atom stereocenters. The molecule has 0 bridgehead atoms. The molecule has 182 valence electrons. The third kappa shape index (κ3) is 5.78. The summed E-state index contributed by atoms with van der Waals surface area (Å²) in [6.07, 6.45) is 0. The Kier molecular flexibility index (Phi) is 7.66. The van der Waals surface area contributed by atoms with Crippen molar-refractivity contribution in [1.82, 2.24) is 19.6 Å². The summed E-state index contributed by atoms with van der Waals surface area (Å²) < 4.78 is 17.7. The standard InChI is InChI=1S/C24H22Cl3FN6S/c1-13-9-22(32-33(13)12-18-19(26)5-4-6-21(18)28)29-24(35)30-23-14(2)31-34(15(23)3)11-16-7-8-17(25)10-20(16)27/h4-10H,11-12H2,1-3H3,(H2,29,30,32,35). The quantitative estimate of drug-likeness (QED) is 0.252. The highest BCUT2D eigenvalue weighted by molar-refractivity contribution is 7.80. The number of aryl methyl sites for hydroxylation is 2. The molecular weight excluding hydrogens is 530 g/mol. The van der Waals surface area contributed by atoms with Gasteiger partial charge in [-0.1, -0.05) is 46.9 Å². The van der Waals surface area contributed by atoms with Crippen molar-refractivity contribution >= 4 is 63.6 Å². The molecule has 11 heteroatoms. The summed E-state index contributed by atoms with van der Waals surface area (Å²) in [5.74, 6) is 0.157. The van der Waals surface area contributed by atoms with Gasteiger partial charge in [0.25, 0.3) is 0 Å². The van der Waals surface area contributed by atoms with Crippen LogP contribution in [0, 0.1) is 26.6 Å². The number of aromatic nitrogens is 4. The highest BCUT2D eigenvalue weighted by Crippen LogP contribution is 2.26. The molecule has 0 atom stereocenters. The molecule has 2 heterocycles. The lowest BCUT2D eigenvalue weighted by Crippen LogP contribution is -2.20. The molecule has 4 aromatic rings. The van der Waals surface area contributed by atoms with Crippen molar-refractivity contribution in [1.29, 1.82) is 0 Å². The zero-order valence-corrected chi connectivity index (χ0v) is 22.2. The van der Waals surface area contributed by atoms with E-state index < -0.39 is 0 Å². The van der Waals surface area contributed by atoms with Crippen molar-refractivity contribution in [3.05, 3.63) is 91.6 Å². The van der Waals surface area contributed by atoms with E-state index in [-0.39, 0.29) is 12.4 Å². The second kappa shape index (κ2) is 10.5. The van der Waals surface area contributed by atoms with Crippen molar-refractivity contribution in [2.75, 3.05) is 10.6 Å². The van der Waals surface area contributed by atoms with E-state index in [0.717, 1.165) is 28.3 Å². The lowest BCUT2D eigenvalue weighted by molar-refractivity contribution is 0.581. The number of thiocarbonyl (C=S) groups is 1. The number of anilines is 2. The minimum atomic E-state index is -0.373. The Morgan fingerprint density at radius 2 is 1.71 bits per heavy atom. The fourth-order valence-electron chi connectivity index (χ4n) is 3.67. The SMILES string of the molecule is Cc1nn(Cc2ccc(Cl)cc2Cl)c(C)c1NC(=S)Nc1cc(C)n(Cc2c(F)cccc2Cl)n1. The van der Waals surface area contributed by atoms with Gasteiger partial charge in [-0.15, -0.1) is 0 Å². The first kappa shape index (κ1) is 25.4. The van der Waals surface area contributed by atoms with Crippen LogP contribution in [0.15, 0.2) is 42.5 Å². The number of hydrogen-bond acceptors (Lipinski definition) is 3. The zero-order valence-electron chi connectivity index (χ0n) is 19.2. The summed E-state index contributed by atoms with van der Waals surface area (Å²) in [5.41, 5.74) is 4.59. The Bertz CT molecular complexity index is 1390. The van der Waals surface area contributed by atoms with Crippen LogP contribution in [0.3, 0.4) is 0 Å².